The first kappa shape index (κ1) is 13.6. The van der Waals surface area contributed by atoms with Crippen LogP contribution in [0.2, 0.25) is 0 Å². The molecule has 1 amide bonds. The Morgan fingerprint density at radius 2 is 1.94 bits per heavy atom. The molecule has 1 N–H and O–H groups in total. The van der Waals surface area contributed by atoms with Crippen LogP contribution in [-0.4, -0.2) is 59.0 Å². The highest BCUT2D eigenvalue weighted by atomic mass is 32.2. The molecule has 0 aliphatic carbocycles. The molecule has 0 radical (unpaired) electrons. The number of carbonyl (C=O) groups excluding carboxylic acids is 1. The van der Waals surface area contributed by atoms with E-state index in [1.807, 2.05) is 4.90 Å². The van der Waals surface area contributed by atoms with Crippen molar-refractivity contribution in [3.8, 4) is 0 Å². The second-order valence-corrected chi connectivity index (χ2v) is 7.12. The van der Waals surface area contributed by atoms with Gasteiger partial charge >= 0.3 is 0 Å². The van der Waals surface area contributed by atoms with Gasteiger partial charge in [0.2, 0.25) is 5.91 Å². The van der Waals surface area contributed by atoms with E-state index < -0.39 is 0 Å². The van der Waals surface area contributed by atoms with Gasteiger partial charge in [0.15, 0.2) is 0 Å². The van der Waals surface area contributed by atoms with Gasteiger partial charge in [0.25, 0.3) is 0 Å². The first-order chi connectivity index (χ1) is 8.25. The second-order valence-electron chi connectivity index (χ2n) is 4.82. The molecule has 2 aliphatic heterocycles. The average Bonchev–Trinajstić information content (AvgIpc) is 2.58. The molecule has 98 valence electrons. The number of rotatable bonds is 2. The van der Waals surface area contributed by atoms with E-state index in [1.165, 1.54) is 29.4 Å². The van der Waals surface area contributed by atoms with Gasteiger partial charge < -0.3 is 10.2 Å². The molecule has 5 heteroatoms. The molecular formula is C12H22N2OS2. The van der Waals surface area contributed by atoms with Crippen LogP contribution in [0.3, 0.4) is 0 Å². The van der Waals surface area contributed by atoms with Crippen LogP contribution >= 0.6 is 23.5 Å². The van der Waals surface area contributed by atoms with Crippen LogP contribution in [0.1, 0.15) is 19.8 Å². The minimum Gasteiger partial charge on any atom is -0.341 e. The number of nitrogens with one attached hydrogen (secondary N) is 1. The summed E-state index contributed by atoms with van der Waals surface area (Å²) in [4.78, 5) is 13.4. The third-order valence-electron chi connectivity index (χ3n) is 3.35. The Morgan fingerprint density at radius 1 is 1.24 bits per heavy atom. The molecule has 0 aromatic heterocycles. The van der Waals surface area contributed by atoms with Crippen LogP contribution in [0.25, 0.3) is 0 Å². The van der Waals surface area contributed by atoms with Crippen molar-refractivity contribution in [2.45, 2.75) is 31.8 Å². The summed E-state index contributed by atoms with van der Waals surface area (Å²) in [7, 11) is 0. The quantitative estimate of drug-likeness (QED) is 0.826. The van der Waals surface area contributed by atoms with Gasteiger partial charge in [0.1, 0.15) is 0 Å². The molecule has 3 nitrogen and oxygen atoms in total. The lowest BCUT2D eigenvalue weighted by atomic mass is 10.1. The molecule has 0 bridgehead atoms. The van der Waals surface area contributed by atoms with Gasteiger partial charge in [0, 0.05) is 55.1 Å². The monoisotopic (exact) mass is 274 g/mol. The zero-order valence-corrected chi connectivity index (χ0v) is 12.1. The van der Waals surface area contributed by atoms with Gasteiger partial charge in [-0.3, -0.25) is 4.79 Å². The van der Waals surface area contributed by atoms with E-state index in [0.29, 0.717) is 12.1 Å². The Labute approximate surface area is 112 Å². The molecular weight excluding hydrogens is 252 g/mol. The molecule has 0 spiro atoms. The highest BCUT2D eigenvalue weighted by molar-refractivity contribution is 8.03. The van der Waals surface area contributed by atoms with E-state index in [9.17, 15) is 4.79 Å². The van der Waals surface area contributed by atoms with Crippen LogP contribution in [0.4, 0.5) is 0 Å². The van der Waals surface area contributed by atoms with Gasteiger partial charge in [-0.2, -0.15) is 23.5 Å². The molecule has 0 saturated carbocycles. The summed E-state index contributed by atoms with van der Waals surface area (Å²) in [6.07, 6.45) is 2.36. The zero-order valence-electron chi connectivity index (χ0n) is 10.5. The number of carbonyl (C=O) groups is 1. The molecule has 2 heterocycles. The van der Waals surface area contributed by atoms with Crippen molar-refractivity contribution in [3.63, 3.8) is 0 Å². The Hall–Kier alpha value is 0.130. The van der Waals surface area contributed by atoms with Crippen molar-refractivity contribution >= 4 is 29.4 Å². The van der Waals surface area contributed by atoms with Crippen LogP contribution in [0, 0.1) is 0 Å². The Balaban J connectivity index is 1.79. The Kier molecular flexibility index (Phi) is 5.50. The van der Waals surface area contributed by atoms with E-state index >= 15 is 0 Å². The fourth-order valence-corrected chi connectivity index (χ4v) is 4.87. The summed E-state index contributed by atoms with van der Waals surface area (Å²) in [5, 5.41) is 3.75. The Morgan fingerprint density at radius 3 is 2.59 bits per heavy atom. The fourth-order valence-electron chi connectivity index (χ4n) is 2.45. The summed E-state index contributed by atoms with van der Waals surface area (Å²) in [5.74, 6) is 5.24. The Bertz CT molecular complexity index is 255. The van der Waals surface area contributed by atoms with E-state index in [1.54, 1.807) is 6.92 Å². The lowest BCUT2D eigenvalue weighted by Gasteiger charge is -2.34. The maximum atomic E-state index is 11.4. The summed E-state index contributed by atoms with van der Waals surface area (Å²) in [6.45, 7) is 3.53. The lowest BCUT2D eigenvalue weighted by molar-refractivity contribution is -0.130. The SMILES string of the molecule is CC(=O)N1CCC[C@@H](NC2CSCCSC2)C1. The number of amides is 1. The minimum atomic E-state index is 0.223. The molecule has 0 aromatic carbocycles. The maximum absolute atomic E-state index is 11.4. The van der Waals surface area contributed by atoms with Crippen molar-refractivity contribution < 1.29 is 4.79 Å². The smallest absolute Gasteiger partial charge is 0.219 e. The van der Waals surface area contributed by atoms with Crippen molar-refractivity contribution in [2.24, 2.45) is 0 Å². The van der Waals surface area contributed by atoms with Crippen molar-refractivity contribution in [1.29, 1.82) is 0 Å². The molecule has 0 unspecified atom stereocenters. The van der Waals surface area contributed by atoms with Crippen LogP contribution in [-0.2, 0) is 4.79 Å². The van der Waals surface area contributed by atoms with Gasteiger partial charge in [0.05, 0.1) is 0 Å². The molecule has 0 aromatic rings. The summed E-state index contributed by atoms with van der Waals surface area (Å²) in [5.41, 5.74) is 0. The van der Waals surface area contributed by atoms with E-state index in [2.05, 4.69) is 28.8 Å². The molecule has 2 aliphatic rings. The van der Waals surface area contributed by atoms with Crippen LogP contribution in [0.15, 0.2) is 0 Å². The highest BCUT2D eigenvalue weighted by Crippen LogP contribution is 2.18. The fraction of sp³-hybridized carbons (Fsp3) is 0.917. The molecule has 2 saturated heterocycles. The maximum Gasteiger partial charge on any atom is 0.219 e. The summed E-state index contributed by atoms with van der Waals surface area (Å²) in [6, 6.07) is 1.14. The van der Waals surface area contributed by atoms with E-state index in [4.69, 9.17) is 0 Å². The number of piperidine rings is 1. The average molecular weight is 274 g/mol. The molecule has 17 heavy (non-hydrogen) atoms. The van der Waals surface area contributed by atoms with Crippen LogP contribution < -0.4 is 5.32 Å². The van der Waals surface area contributed by atoms with Gasteiger partial charge in [-0.15, -0.1) is 0 Å². The summed E-state index contributed by atoms with van der Waals surface area (Å²) < 4.78 is 0. The number of nitrogens with zero attached hydrogens (tertiary/aromatic N) is 1. The highest BCUT2D eigenvalue weighted by Gasteiger charge is 2.24. The van der Waals surface area contributed by atoms with Gasteiger partial charge in [-0.25, -0.2) is 0 Å². The molecule has 2 rings (SSSR count). The van der Waals surface area contributed by atoms with Crippen molar-refractivity contribution in [1.82, 2.24) is 10.2 Å². The second kappa shape index (κ2) is 6.90. The number of thioether (sulfide) groups is 2. The van der Waals surface area contributed by atoms with Crippen LogP contribution in [0.5, 0.6) is 0 Å². The predicted molar refractivity (Wildman–Crippen MR) is 76.8 cm³/mol. The zero-order chi connectivity index (χ0) is 12.1. The third kappa shape index (κ3) is 4.38. The topological polar surface area (TPSA) is 32.3 Å². The largest absolute Gasteiger partial charge is 0.341 e. The number of hydrogen-bond acceptors (Lipinski definition) is 4. The first-order valence-electron chi connectivity index (χ1n) is 6.43. The molecule has 1 atom stereocenters. The standard InChI is InChI=1S/C12H22N2OS2/c1-10(15)14-4-2-3-11(7-14)13-12-8-16-5-6-17-9-12/h11-13H,2-9H2,1H3/t11-/m1/s1. The van der Waals surface area contributed by atoms with Gasteiger partial charge in [-0.05, 0) is 12.8 Å². The van der Waals surface area contributed by atoms with E-state index in [-0.39, 0.29) is 5.91 Å². The predicted octanol–water partition coefficient (Wildman–Crippen LogP) is 1.44. The number of hydrogen-bond donors (Lipinski definition) is 1. The third-order valence-corrected chi connectivity index (χ3v) is 5.87. The normalized spacial score (nSPS) is 27.8. The minimum absolute atomic E-state index is 0.223. The first-order valence-corrected chi connectivity index (χ1v) is 8.73. The van der Waals surface area contributed by atoms with Gasteiger partial charge in [-0.1, -0.05) is 0 Å². The van der Waals surface area contributed by atoms with Crippen molar-refractivity contribution in [3.05, 3.63) is 0 Å². The van der Waals surface area contributed by atoms with Crippen molar-refractivity contribution in [2.75, 3.05) is 36.1 Å². The van der Waals surface area contributed by atoms with E-state index in [0.717, 1.165) is 19.5 Å². The summed E-state index contributed by atoms with van der Waals surface area (Å²) >= 11 is 4.11. The molecule has 2 fully saturated rings. The number of likely N-dealkylation sites (tertiary alicyclic amines) is 1. The lowest BCUT2D eigenvalue weighted by Crippen LogP contribution is -2.51.